The number of hydrogen-bond acceptors (Lipinski definition) is 10. The Kier molecular flexibility index (Phi) is 12.7. The van der Waals surface area contributed by atoms with Gasteiger partial charge in [-0.3, -0.25) is 9.59 Å². The number of carboxylic acid groups (broad SMARTS) is 1. The van der Waals surface area contributed by atoms with Crippen LogP contribution in [-0.2, 0) is 23.8 Å². The van der Waals surface area contributed by atoms with E-state index >= 15 is 0 Å². The van der Waals surface area contributed by atoms with E-state index in [1.54, 1.807) is 27.7 Å². The minimum atomic E-state index is -1.37. The highest BCUT2D eigenvalue weighted by Gasteiger charge is 2.30. The van der Waals surface area contributed by atoms with Crippen molar-refractivity contribution in [3.63, 3.8) is 0 Å². The quantitative estimate of drug-likeness (QED) is 0.217. The van der Waals surface area contributed by atoms with Gasteiger partial charge in [0, 0.05) is 12.3 Å². The molecule has 0 fully saturated rings. The zero-order valence-corrected chi connectivity index (χ0v) is 21.6. The van der Waals surface area contributed by atoms with Gasteiger partial charge in [0.15, 0.2) is 11.5 Å². The van der Waals surface area contributed by atoms with Gasteiger partial charge >= 0.3 is 24.2 Å². The van der Waals surface area contributed by atoms with E-state index in [1.807, 2.05) is 13.8 Å². The Morgan fingerprint density at radius 1 is 0.833 bits per heavy atom. The Hall–Kier alpha value is -3.34. The number of carbonyl (C=O) groups excluding carboxylic acids is 3. The van der Waals surface area contributed by atoms with Crippen molar-refractivity contribution in [2.75, 3.05) is 0 Å². The average Bonchev–Trinajstić information content (AvgIpc) is 2.82. The summed E-state index contributed by atoms with van der Waals surface area (Å²) in [4.78, 5) is 47.9. The molecule has 3 N–H and O–H groups in total. The van der Waals surface area contributed by atoms with Crippen LogP contribution in [0.1, 0.15) is 78.7 Å². The molecule has 0 aromatic heterocycles. The van der Waals surface area contributed by atoms with Gasteiger partial charge < -0.3 is 34.5 Å². The number of ether oxygens (including phenoxy) is 5. The number of benzene rings is 1. The SMILES string of the molecule is CCC(=O)OC(C)CC(c1ccc(OC(=O)OC(C)CC)c(OC(=O)OC(C)CC)c1)[C@H](N)C(=O)O. The minimum absolute atomic E-state index is 0.0756. The highest BCUT2D eigenvalue weighted by molar-refractivity contribution is 5.75. The summed E-state index contributed by atoms with van der Waals surface area (Å²) in [5.74, 6) is -2.88. The van der Waals surface area contributed by atoms with Crippen LogP contribution in [0.4, 0.5) is 9.59 Å². The predicted octanol–water partition coefficient (Wildman–Crippen LogP) is 4.54. The third kappa shape index (κ3) is 10.1. The van der Waals surface area contributed by atoms with Crippen LogP contribution in [-0.4, -0.2) is 53.7 Å². The van der Waals surface area contributed by atoms with Gasteiger partial charge in [-0.25, -0.2) is 9.59 Å². The van der Waals surface area contributed by atoms with Crippen molar-refractivity contribution in [3.05, 3.63) is 23.8 Å². The molecule has 0 aliphatic rings. The number of nitrogens with two attached hydrogens (primary N) is 1. The first-order valence-electron chi connectivity index (χ1n) is 12.0. The van der Waals surface area contributed by atoms with Gasteiger partial charge in [0.2, 0.25) is 0 Å². The van der Waals surface area contributed by atoms with Crippen LogP contribution in [0, 0.1) is 0 Å². The standard InChI is InChI=1S/C25H37NO10/c1-7-14(4)33-24(30)35-19-11-10-17(13-20(19)36-25(31)34-15(5)8-2)18(22(26)23(28)29)12-16(6)32-21(27)9-3/h10-11,13-16,18,22H,7-9,12,26H2,1-6H3,(H,28,29)/t14?,15?,16?,18?,22-/m0/s1. The first-order chi connectivity index (χ1) is 16.9. The maximum atomic E-state index is 12.3. The van der Waals surface area contributed by atoms with Gasteiger partial charge in [-0.1, -0.05) is 26.8 Å². The van der Waals surface area contributed by atoms with E-state index in [9.17, 15) is 24.3 Å². The summed E-state index contributed by atoms with van der Waals surface area (Å²) in [6.07, 6.45) is -2.17. The normalized spacial score (nSPS) is 15.0. The van der Waals surface area contributed by atoms with Crippen LogP contribution in [0.2, 0.25) is 0 Å². The molecule has 4 unspecified atom stereocenters. The van der Waals surface area contributed by atoms with Crippen molar-refractivity contribution >= 4 is 24.2 Å². The molecular weight excluding hydrogens is 474 g/mol. The van der Waals surface area contributed by atoms with E-state index in [0.717, 1.165) is 0 Å². The second-order valence-electron chi connectivity index (χ2n) is 8.44. The van der Waals surface area contributed by atoms with Crippen LogP contribution in [0.3, 0.4) is 0 Å². The second-order valence-corrected chi connectivity index (χ2v) is 8.44. The van der Waals surface area contributed by atoms with Gasteiger partial charge in [-0.05, 0) is 57.7 Å². The molecule has 0 radical (unpaired) electrons. The molecule has 0 saturated heterocycles. The maximum absolute atomic E-state index is 12.3. The van der Waals surface area contributed by atoms with E-state index in [1.165, 1.54) is 18.2 Å². The lowest BCUT2D eigenvalue weighted by Crippen LogP contribution is -2.38. The van der Waals surface area contributed by atoms with Crippen LogP contribution >= 0.6 is 0 Å². The molecule has 1 rings (SSSR count). The number of aliphatic carboxylic acids is 1. The fraction of sp³-hybridized carbons (Fsp3) is 0.600. The highest BCUT2D eigenvalue weighted by atomic mass is 16.7. The third-order valence-electron chi connectivity index (χ3n) is 5.45. The Morgan fingerprint density at radius 2 is 1.36 bits per heavy atom. The topological polar surface area (TPSA) is 161 Å². The molecule has 0 saturated carbocycles. The summed E-state index contributed by atoms with van der Waals surface area (Å²) in [7, 11) is 0. The summed E-state index contributed by atoms with van der Waals surface area (Å²) < 4.78 is 26.1. The van der Waals surface area contributed by atoms with Crippen molar-refractivity contribution in [3.8, 4) is 11.5 Å². The Bertz CT molecular complexity index is 903. The van der Waals surface area contributed by atoms with E-state index in [4.69, 9.17) is 29.4 Å². The molecule has 0 spiro atoms. The summed E-state index contributed by atoms with van der Waals surface area (Å²) >= 11 is 0. The largest absolute Gasteiger partial charge is 0.514 e. The van der Waals surface area contributed by atoms with Crippen molar-refractivity contribution in [1.29, 1.82) is 0 Å². The first kappa shape index (κ1) is 30.7. The second kappa shape index (κ2) is 14.9. The molecule has 0 heterocycles. The Morgan fingerprint density at radius 3 is 1.83 bits per heavy atom. The monoisotopic (exact) mass is 511 g/mol. The molecule has 36 heavy (non-hydrogen) atoms. The fourth-order valence-corrected chi connectivity index (χ4v) is 3.02. The van der Waals surface area contributed by atoms with Crippen molar-refractivity contribution in [2.24, 2.45) is 5.73 Å². The number of rotatable bonds is 13. The summed E-state index contributed by atoms with van der Waals surface area (Å²) in [5, 5.41) is 9.55. The smallest absolute Gasteiger partial charge is 0.480 e. The molecule has 0 amide bonds. The van der Waals surface area contributed by atoms with Gasteiger partial charge in [-0.2, -0.15) is 0 Å². The summed E-state index contributed by atoms with van der Waals surface area (Å²) in [6, 6.07) is 2.80. The zero-order chi connectivity index (χ0) is 27.4. The first-order valence-corrected chi connectivity index (χ1v) is 12.0. The van der Waals surface area contributed by atoms with Crippen molar-refractivity contribution in [2.45, 2.75) is 97.5 Å². The van der Waals surface area contributed by atoms with Crippen molar-refractivity contribution < 1.29 is 48.0 Å². The molecule has 0 bridgehead atoms. The van der Waals surface area contributed by atoms with Crippen molar-refractivity contribution in [1.82, 2.24) is 0 Å². The lowest BCUT2D eigenvalue weighted by molar-refractivity contribution is -0.148. The van der Waals surface area contributed by atoms with Gasteiger partial charge in [-0.15, -0.1) is 0 Å². The molecule has 11 heteroatoms. The van der Waals surface area contributed by atoms with Gasteiger partial charge in [0.25, 0.3) is 0 Å². The predicted molar refractivity (Wildman–Crippen MR) is 129 cm³/mol. The van der Waals surface area contributed by atoms with Gasteiger partial charge in [0.05, 0.1) is 6.10 Å². The highest BCUT2D eigenvalue weighted by Crippen LogP contribution is 2.35. The molecule has 202 valence electrons. The van der Waals surface area contributed by atoms with Crippen LogP contribution in [0.15, 0.2) is 18.2 Å². The van der Waals surface area contributed by atoms with Crippen LogP contribution in [0.5, 0.6) is 11.5 Å². The molecule has 1 aromatic carbocycles. The molecular formula is C25H37NO10. The lowest BCUT2D eigenvalue weighted by atomic mass is 9.87. The van der Waals surface area contributed by atoms with E-state index < -0.39 is 54.5 Å². The molecule has 1 aromatic rings. The van der Waals surface area contributed by atoms with Gasteiger partial charge in [0.1, 0.15) is 18.2 Å². The Balaban J connectivity index is 3.36. The summed E-state index contributed by atoms with van der Waals surface area (Å²) in [6.45, 7) is 10.3. The molecule has 0 aliphatic heterocycles. The molecule has 11 nitrogen and oxygen atoms in total. The van der Waals surface area contributed by atoms with E-state index in [-0.39, 0.29) is 24.3 Å². The number of esters is 1. The van der Waals surface area contributed by atoms with E-state index in [2.05, 4.69) is 0 Å². The number of carboxylic acids is 1. The minimum Gasteiger partial charge on any atom is -0.480 e. The number of carbonyl (C=O) groups is 4. The zero-order valence-electron chi connectivity index (χ0n) is 21.6. The van der Waals surface area contributed by atoms with Crippen LogP contribution < -0.4 is 15.2 Å². The third-order valence-corrected chi connectivity index (χ3v) is 5.45. The summed E-state index contributed by atoms with van der Waals surface area (Å²) in [5.41, 5.74) is 6.31. The Labute approximate surface area is 211 Å². The maximum Gasteiger partial charge on any atom is 0.514 e. The molecule has 0 aliphatic carbocycles. The van der Waals surface area contributed by atoms with Crippen LogP contribution in [0.25, 0.3) is 0 Å². The number of hydrogen-bond donors (Lipinski definition) is 2. The fourth-order valence-electron chi connectivity index (χ4n) is 3.02. The lowest BCUT2D eigenvalue weighted by Gasteiger charge is -2.25. The molecule has 5 atom stereocenters. The van der Waals surface area contributed by atoms with E-state index in [0.29, 0.717) is 18.4 Å². The average molecular weight is 512 g/mol.